The molecular weight excluding hydrogens is 1020 g/mol. The molecule has 2 atom stereocenters. The Labute approximate surface area is 468 Å². The Kier molecular flexibility index (Phi) is 16.0. The molecule has 8 heterocycles. The Bertz CT molecular complexity index is 4010. The fraction of sp³-hybridized carbons (Fsp3) is 0.242. The van der Waals surface area contributed by atoms with Gasteiger partial charge in [-0.3, -0.25) is 19.6 Å². The first-order valence-electron chi connectivity index (χ1n) is 26.5. The quantitative estimate of drug-likeness (QED) is 0.0900. The van der Waals surface area contributed by atoms with Gasteiger partial charge in [0.1, 0.15) is 28.8 Å². The van der Waals surface area contributed by atoms with E-state index in [0.717, 1.165) is 101 Å². The molecule has 18 heteroatoms. The fourth-order valence-corrected chi connectivity index (χ4v) is 10.4. The SMILES string of the molecule is C#Cc1ccc(NCc2cnn3c(C)cc(C)cc23)cc1.Cc1cc(C)n2ncc(C(=O)Nc3ccc(Cl)c(C(C)Oc4cccnc4)c3)c2n1.Cc1cc(C)n2ncc(C(=O)Nc3ccc4c(c3)C(C3=NCCN3)CCC4)c2n1. The van der Waals surface area contributed by atoms with E-state index in [4.69, 9.17) is 22.8 Å². The number of anilines is 3. The number of benzene rings is 3. The minimum Gasteiger partial charge on any atom is -0.484 e. The molecule has 2 aliphatic rings. The number of carbonyl (C=O) groups is 2. The molecule has 0 spiro atoms. The van der Waals surface area contributed by atoms with E-state index in [1.807, 2.05) is 93.9 Å². The second kappa shape index (κ2) is 23.7. The molecule has 17 nitrogen and oxygen atoms in total. The van der Waals surface area contributed by atoms with Crippen molar-refractivity contribution in [1.29, 1.82) is 0 Å². The molecule has 0 radical (unpaired) electrons. The van der Waals surface area contributed by atoms with E-state index in [2.05, 4.69) is 101 Å². The number of halogens is 1. The van der Waals surface area contributed by atoms with Gasteiger partial charge in [-0.2, -0.15) is 15.3 Å². The molecule has 3 aromatic carbocycles. The lowest BCUT2D eigenvalue weighted by Crippen LogP contribution is -2.28. The third kappa shape index (κ3) is 12.0. The van der Waals surface area contributed by atoms with E-state index in [-0.39, 0.29) is 17.9 Å². The highest BCUT2D eigenvalue weighted by Crippen LogP contribution is 2.35. The Morgan fingerprint density at radius 1 is 0.762 bits per heavy atom. The van der Waals surface area contributed by atoms with Crippen molar-refractivity contribution in [2.75, 3.05) is 29.0 Å². The average Bonchev–Trinajstić information content (AvgIpc) is 4.47. The maximum atomic E-state index is 13.0. The minimum absolute atomic E-state index is 0.193. The Morgan fingerprint density at radius 3 is 2.04 bits per heavy atom. The predicted octanol–water partition coefficient (Wildman–Crippen LogP) is 11.4. The topological polar surface area (TPSA) is 194 Å². The molecule has 2 unspecified atom stereocenters. The number of rotatable bonds is 11. The van der Waals surface area contributed by atoms with Gasteiger partial charge in [-0.1, -0.05) is 23.6 Å². The zero-order valence-corrected chi connectivity index (χ0v) is 46.4. The molecule has 1 aliphatic carbocycles. The van der Waals surface area contributed by atoms with Crippen LogP contribution >= 0.6 is 11.6 Å². The standard InChI is InChI=1S/C22H20ClN5O2.C22H24N6O.C18H17N3/c1-13-9-14(2)28-21(26-13)19(12-25-28)22(29)27-16-6-7-20(23)18(10-16)15(3)30-17-5-4-8-24-11-17;1-13-10-14(2)28-21(26-13)19(12-25-28)22(29)27-16-7-6-15-4-3-5-17(18(15)11-16)20-23-8-9-24-20;1-4-15-5-7-17(8-6-15)19-11-16-12-20-21-14(3)9-13(2)10-18(16)21/h4-12,15H,1-3H3,(H,27,29);6-7,10-12,17H,3-5,8-9H2,1-2H3,(H,23,24)(H,27,29);1,5-10,12,19H,11H2,2-3H3. The second-order valence-electron chi connectivity index (χ2n) is 20.0. The van der Waals surface area contributed by atoms with Crippen LogP contribution in [0.3, 0.4) is 0 Å². The summed E-state index contributed by atoms with van der Waals surface area (Å²) in [5, 5.41) is 26.4. The van der Waals surface area contributed by atoms with Gasteiger partial charge in [-0.25, -0.2) is 23.5 Å². The van der Waals surface area contributed by atoms with E-state index in [0.29, 0.717) is 44.8 Å². The Hall–Kier alpha value is -9.40. The predicted molar refractivity (Wildman–Crippen MR) is 314 cm³/mol. The fourth-order valence-electron chi connectivity index (χ4n) is 10.2. The highest BCUT2D eigenvalue weighted by molar-refractivity contribution is 6.31. The zero-order valence-electron chi connectivity index (χ0n) is 45.7. The Morgan fingerprint density at radius 2 is 1.40 bits per heavy atom. The normalized spacial score (nSPS) is 13.9. The number of amidine groups is 1. The largest absolute Gasteiger partial charge is 0.484 e. The number of aromatic nitrogens is 9. The number of aryl methyl sites for hydroxylation is 7. The first kappa shape index (κ1) is 54.0. The van der Waals surface area contributed by atoms with Gasteiger partial charge in [0.05, 0.1) is 36.8 Å². The van der Waals surface area contributed by atoms with Crippen molar-refractivity contribution in [3.05, 3.63) is 206 Å². The summed E-state index contributed by atoms with van der Waals surface area (Å²) in [5.74, 6) is 4.15. The minimum atomic E-state index is -0.331. The van der Waals surface area contributed by atoms with Gasteiger partial charge >= 0.3 is 0 Å². The summed E-state index contributed by atoms with van der Waals surface area (Å²) in [5.41, 5.74) is 17.0. The van der Waals surface area contributed by atoms with Crippen LogP contribution in [0, 0.1) is 53.9 Å². The number of pyridine rings is 2. The summed E-state index contributed by atoms with van der Waals surface area (Å²) in [7, 11) is 0. The van der Waals surface area contributed by atoms with Gasteiger partial charge in [0.25, 0.3) is 11.8 Å². The van der Waals surface area contributed by atoms with Crippen molar-refractivity contribution in [2.45, 2.75) is 86.3 Å². The van der Waals surface area contributed by atoms with Crippen LogP contribution in [0.1, 0.15) is 114 Å². The van der Waals surface area contributed by atoms with E-state index in [1.165, 1.54) is 28.5 Å². The number of fused-ring (bicyclic) bond motifs is 4. The van der Waals surface area contributed by atoms with Crippen LogP contribution in [0.5, 0.6) is 5.75 Å². The van der Waals surface area contributed by atoms with Gasteiger partial charge in [0, 0.05) is 92.4 Å². The third-order valence-corrected chi connectivity index (χ3v) is 14.3. The van der Waals surface area contributed by atoms with Crippen LogP contribution in [0.2, 0.25) is 5.02 Å². The molecule has 1 aliphatic heterocycles. The van der Waals surface area contributed by atoms with Crippen molar-refractivity contribution in [1.82, 2.24) is 49.1 Å². The Balaban J connectivity index is 0.000000137. The van der Waals surface area contributed by atoms with Crippen LogP contribution < -0.4 is 26.0 Å². The molecule has 2 amide bonds. The molecule has 80 heavy (non-hydrogen) atoms. The van der Waals surface area contributed by atoms with E-state index in [1.54, 1.807) is 51.9 Å². The number of ether oxygens (including phenoxy) is 1. The molecule has 10 aromatic rings. The van der Waals surface area contributed by atoms with Crippen molar-refractivity contribution in [3.63, 3.8) is 0 Å². The summed E-state index contributed by atoms with van der Waals surface area (Å²) in [6.07, 6.45) is 16.7. The molecule has 7 aromatic heterocycles. The lowest BCUT2D eigenvalue weighted by Gasteiger charge is -2.26. The van der Waals surface area contributed by atoms with Crippen LogP contribution in [0.25, 0.3) is 16.8 Å². The highest BCUT2D eigenvalue weighted by atomic mass is 35.5. The van der Waals surface area contributed by atoms with Crippen LogP contribution in [-0.4, -0.2) is 74.5 Å². The van der Waals surface area contributed by atoms with Crippen molar-refractivity contribution in [3.8, 4) is 18.1 Å². The summed E-state index contributed by atoms with van der Waals surface area (Å²) in [6.45, 7) is 16.3. The van der Waals surface area contributed by atoms with Crippen molar-refractivity contribution < 1.29 is 14.3 Å². The number of aliphatic imine (C=N–C) groups is 1. The molecule has 0 saturated carbocycles. The molecule has 0 fully saturated rings. The van der Waals surface area contributed by atoms with Gasteiger partial charge in [0.2, 0.25) is 0 Å². The van der Waals surface area contributed by atoms with Crippen molar-refractivity contribution >= 4 is 63.1 Å². The first-order chi connectivity index (χ1) is 38.7. The molecule has 12 rings (SSSR count). The van der Waals surface area contributed by atoms with Crippen LogP contribution in [0.15, 0.2) is 133 Å². The summed E-state index contributed by atoms with van der Waals surface area (Å²) in [6, 6.07) is 31.2. The number of nitrogens with one attached hydrogen (secondary N) is 4. The summed E-state index contributed by atoms with van der Waals surface area (Å²) in [4.78, 5) is 43.5. The lowest BCUT2D eigenvalue weighted by atomic mass is 9.82. The molecule has 404 valence electrons. The van der Waals surface area contributed by atoms with Crippen LogP contribution in [-0.2, 0) is 13.0 Å². The second-order valence-corrected chi connectivity index (χ2v) is 20.4. The van der Waals surface area contributed by atoms with Crippen molar-refractivity contribution in [2.24, 2.45) is 4.99 Å². The number of terminal acetylenes is 1. The maximum Gasteiger partial charge on any atom is 0.261 e. The molecule has 4 N–H and O–H groups in total. The first-order valence-corrected chi connectivity index (χ1v) is 26.9. The van der Waals surface area contributed by atoms with E-state index >= 15 is 0 Å². The highest BCUT2D eigenvalue weighted by Gasteiger charge is 2.27. The summed E-state index contributed by atoms with van der Waals surface area (Å²) >= 11 is 6.37. The van der Waals surface area contributed by atoms with Gasteiger partial charge in [0.15, 0.2) is 11.3 Å². The third-order valence-electron chi connectivity index (χ3n) is 14.0. The molecule has 0 saturated heterocycles. The molecule has 0 bridgehead atoms. The number of nitrogens with zero attached hydrogens (tertiary/aromatic N) is 10. The number of hydrogen-bond donors (Lipinski definition) is 4. The monoisotopic (exact) mass is 1080 g/mol. The van der Waals surface area contributed by atoms with Gasteiger partial charge in [-0.05, 0) is 175 Å². The van der Waals surface area contributed by atoms with E-state index in [9.17, 15) is 9.59 Å². The van der Waals surface area contributed by atoms with Crippen LogP contribution in [0.4, 0.5) is 17.1 Å². The lowest BCUT2D eigenvalue weighted by molar-refractivity contribution is 0.102. The van der Waals surface area contributed by atoms with E-state index < -0.39 is 0 Å². The van der Waals surface area contributed by atoms with Gasteiger partial charge < -0.3 is 26.0 Å². The number of carbonyl (C=O) groups excluding carboxylic acids is 2. The number of amides is 2. The molecular formula is C62H61ClN14O3. The number of hydrogen-bond acceptors (Lipinski definition) is 12. The smallest absolute Gasteiger partial charge is 0.261 e. The summed E-state index contributed by atoms with van der Waals surface area (Å²) < 4.78 is 11.2. The van der Waals surface area contributed by atoms with Gasteiger partial charge in [-0.15, -0.1) is 6.42 Å². The maximum absolute atomic E-state index is 13.0. The zero-order chi connectivity index (χ0) is 56.0. The average molecular weight is 1090 g/mol.